The zero-order valence-electron chi connectivity index (χ0n) is 65.8. The average molecular weight is 1150 g/mol. The Kier molecular flexibility index (Phi) is 9.58. The molecular weight excluding hydrogens is 1060 g/mol. The van der Waals surface area contributed by atoms with Gasteiger partial charge in [0, 0.05) is 22.5 Å². The Morgan fingerprint density at radius 3 is 1.48 bits per heavy atom. The Bertz CT molecular complexity index is 5390. The Labute approximate surface area is 542 Å². The Hall–Kier alpha value is -9.70. The molecule has 3 aliphatic rings. The van der Waals surface area contributed by atoms with Gasteiger partial charge < -0.3 is 9.64 Å². The third-order valence-corrected chi connectivity index (χ3v) is 18.1. The molecule has 0 saturated heterocycles. The van der Waals surface area contributed by atoms with Crippen LogP contribution in [0.15, 0.2) is 273 Å². The molecule has 0 spiro atoms. The quantitative estimate of drug-likeness (QED) is 0.141. The third kappa shape index (κ3) is 9.00. The van der Waals surface area contributed by atoms with Gasteiger partial charge in [-0.2, -0.15) is 0 Å². The first kappa shape index (κ1) is 40.6. The normalized spacial score (nSPS) is 16.0. The number of hydrogen-bond acceptors (Lipinski definition) is 2. The minimum absolute atomic E-state index is 0.0210. The van der Waals surface area contributed by atoms with Gasteiger partial charge in [0.05, 0.1) is 31.7 Å². The molecule has 88 heavy (non-hydrogen) atoms. The summed E-state index contributed by atoms with van der Waals surface area (Å²) in [7, 11) is 0. The molecule has 0 amide bonds. The lowest BCUT2D eigenvalue weighted by Crippen LogP contribution is -2.59. The fourth-order valence-electron chi connectivity index (χ4n) is 13.6. The molecule has 0 saturated carbocycles. The van der Waals surface area contributed by atoms with Crippen LogP contribution < -0.4 is 26.0 Å². The number of nitrogens with zero attached hydrogens (tertiary/aromatic N) is 1. The summed E-state index contributed by atoms with van der Waals surface area (Å²) in [6.07, 6.45) is 0. The number of fused-ring (bicyclic) bond motifs is 7. The highest BCUT2D eigenvalue weighted by atomic mass is 16.5. The number of hydrogen-bond donors (Lipinski definition) is 0. The minimum Gasteiger partial charge on any atom is -0.458 e. The molecule has 0 radical (unpaired) electrons. The minimum atomic E-state index is -2.16. The third-order valence-electron chi connectivity index (χ3n) is 18.1. The van der Waals surface area contributed by atoms with Crippen LogP contribution in [-0.2, 0) is 21.7 Å². The molecule has 0 N–H and O–H groups in total. The predicted molar refractivity (Wildman–Crippen MR) is 373 cm³/mol. The van der Waals surface area contributed by atoms with Gasteiger partial charge in [0.25, 0.3) is 6.71 Å². The molecule has 0 unspecified atom stereocenters. The van der Waals surface area contributed by atoms with Gasteiger partial charge in [0.2, 0.25) is 0 Å². The highest BCUT2D eigenvalue weighted by Gasteiger charge is 2.49. The van der Waals surface area contributed by atoms with Crippen LogP contribution >= 0.6 is 0 Å². The van der Waals surface area contributed by atoms with Crippen LogP contribution in [0, 0.1) is 0 Å². The van der Waals surface area contributed by atoms with Crippen molar-refractivity contribution >= 4 is 40.2 Å². The molecule has 0 fully saturated rings. The lowest BCUT2D eigenvalue weighted by molar-refractivity contribution is 0.488. The second kappa shape index (κ2) is 20.7. The van der Waals surface area contributed by atoms with Crippen LogP contribution in [0.5, 0.6) is 11.5 Å². The van der Waals surface area contributed by atoms with E-state index in [2.05, 4.69) is 134 Å². The van der Waals surface area contributed by atoms with E-state index in [1.54, 1.807) is 12.1 Å². The lowest BCUT2D eigenvalue weighted by atomic mass is 9.34. The van der Waals surface area contributed by atoms with Crippen molar-refractivity contribution in [3.8, 4) is 78.3 Å². The molecule has 0 atom stereocenters. The molecule has 15 rings (SSSR count). The summed E-state index contributed by atoms with van der Waals surface area (Å²) < 4.78 is 148. The van der Waals surface area contributed by atoms with Crippen LogP contribution in [0.1, 0.15) is 122 Å². The molecule has 12 aromatic rings. The van der Waals surface area contributed by atoms with E-state index in [1.807, 2.05) is 103 Å². The van der Waals surface area contributed by atoms with Crippen LogP contribution in [0.25, 0.3) is 66.8 Å². The average Bonchev–Trinajstić information content (AvgIpc) is 1.57. The van der Waals surface area contributed by atoms with Gasteiger partial charge >= 0.3 is 0 Å². The maximum atomic E-state index is 9.88. The fraction of sp³-hybridized carbons (Fsp3) is 0.153. The summed E-state index contributed by atoms with van der Waals surface area (Å²) >= 11 is 0. The van der Waals surface area contributed by atoms with Crippen LogP contribution in [-0.4, -0.2) is 6.71 Å². The van der Waals surface area contributed by atoms with Crippen molar-refractivity contribution in [2.45, 2.75) is 84.0 Å². The van der Waals surface area contributed by atoms with E-state index < -0.39 is 90.7 Å². The van der Waals surface area contributed by atoms with Crippen LogP contribution in [0.3, 0.4) is 0 Å². The van der Waals surface area contributed by atoms with Crippen molar-refractivity contribution in [1.82, 2.24) is 0 Å². The van der Waals surface area contributed by atoms with Gasteiger partial charge in [-0.05, 0) is 164 Å². The van der Waals surface area contributed by atoms with E-state index in [1.165, 1.54) is 0 Å². The second-order valence-corrected chi connectivity index (χ2v) is 26.5. The molecule has 2 nitrogen and oxygen atoms in total. The van der Waals surface area contributed by atoms with Crippen LogP contribution in [0.2, 0.25) is 0 Å². The van der Waals surface area contributed by atoms with Gasteiger partial charge in [-0.25, -0.2) is 0 Å². The summed E-state index contributed by atoms with van der Waals surface area (Å²) in [6.45, 7) is 19.2. The van der Waals surface area contributed by atoms with E-state index in [0.29, 0.717) is 61.6 Å². The monoisotopic (exact) mass is 1150 g/mol. The topological polar surface area (TPSA) is 12.5 Å². The van der Waals surface area contributed by atoms with Gasteiger partial charge in [-0.3, -0.25) is 0 Å². The zero-order chi connectivity index (χ0) is 73.3. The predicted octanol–water partition coefficient (Wildman–Crippen LogP) is 20.7. The maximum Gasteiger partial charge on any atom is 0.256 e. The molecule has 1 aliphatic carbocycles. The van der Waals surface area contributed by atoms with Gasteiger partial charge in [-0.1, -0.05) is 299 Å². The van der Waals surface area contributed by atoms with E-state index in [4.69, 9.17) is 11.6 Å². The first-order valence-electron chi connectivity index (χ1n) is 37.6. The van der Waals surface area contributed by atoms with Crippen molar-refractivity contribution in [2.75, 3.05) is 4.90 Å². The Balaban J connectivity index is 1.10. The number of rotatable bonds is 8. The summed E-state index contributed by atoms with van der Waals surface area (Å²) in [5.41, 5.74) is 12.8. The van der Waals surface area contributed by atoms with Crippen LogP contribution in [0.4, 0.5) is 17.1 Å². The largest absolute Gasteiger partial charge is 0.458 e. The Morgan fingerprint density at radius 1 is 0.364 bits per heavy atom. The molecule has 12 aromatic carbocycles. The molecular formula is C85H72BNO. The van der Waals surface area contributed by atoms with E-state index in [-0.39, 0.29) is 45.0 Å². The summed E-state index contributed by atoms with van der Waals surface area (Å²) in [5, 5.41) is 0. The first-order chi connectivity index (χ1) is 48.7. The van der Waals surface area contributed by atoms with Crippen molar-refractivity contribution in [3.05, 3.63) is 312 Å². The fourth-order valence-corrected chi connectivity index (χ4v) is 13.6. The van der Waals surface area contributed by atoms with Gasteiger partial charge in [-0.15, -0.1) is 0 Å². The van der Waals surface area contributed by atoms with Crippen molar-refractivity contribution in [3.63, 3.8) is 0 Å². The molecule has 2 heterocycles. The maximum absolute atomic E-state index is 9.88. The smallest absolute Gasteiger partial charge is 0.256 e. The SMILES string of the molecule is [2H]c1c([2H])c([2H])c(-c2ccc3c(c2)N(c2c(-c4ccccc4)cc(C(C)(C)C)cc2-c2ccccc2)c2cc(-c4cc(C(C)(C)C)cc(C(C)(C)C)c4)cc4c2B3c2cc(-c3cccc5c3C(c3c([2H])c([2H])c([2H])c([2H])c3[2H])(c3c([2H])c([2H])c([2H])c([2H])c3[2H])c3ccccc3-5)ccc2O4)c([2H])c1[2H]. The van der Waals surface area contributed by atoms with Crippen molar-refractivity contribution in [2.24, 2.45) is 0 Å². The molecule has 2 aliphatic heterocycles. The van der Waals surface area contributed by atoms with E-state index >= 15 is 0 Å². The van der Waals surface area contributed by atoms with Crippen molar-refractivity contribution in [1.29, 1.82) is 0 Å². The second-order valence-electron chi connectivity index (χ2n) is 26.5. The summed E-state index contributed by atoms with van der Waals surface area (Å²) in [4.78, 5) is 2.29. The molecule has 0 aromatic heterocycles. The highest BCUT2D eigenvalue weighted by Crippen LogP contribution is 2.59. The number of ether oxygens (including phenoxy) is 1. The highest BCUT2D eigenvalue weighted by molar-refractivity contribution is 6.99. The first-order valence-corrected chi connectivity index (χ1v) is 30.1. The zero-order valence-corrected chi connectivity index (χ0v) is 50.8. The summed E-state index contributed by atoms with van der Waals surface area (Å²) in [6, 6.07) is 51.9. The van der Waals surface area contributed by atoms with Gasteiger partial charge in [0.15, 0.2) is 0 Å². The van der Waals surface area contributed by atoms with E-state index in [0.717, 1.165) is 72.4 Å². The summed E-state index contributed by atoms with van der Waals surface area (Å²) in [5.74, 6) is 1.05. The Morgan fingerprint density at radius 2 is 0.875 bits per heavy atom. The van der Waals surface area contributed by atoms with Crippen molar-refractivity contribution < 1.29 is 25.3 Å². The van der Waals surface area contributed by atoms with E-state index in [9.17, 15) is 13.7 Å². The van der Waals surface area contributed by atoms with Gasteiger partial charge in [0.1, 0.15) is 11.5 Å². The molecule has 3 heteroatoms. The molecule has 0 bridgehead atoms. The standard InChI is InChI=1S/C85H72BNO/c1-82(2,3)64-46-60(47-65(52-64)83(4,5)6)61-50-76-80-78(51-61)88-77-45-43-59(67-39-27-40-69-68-38-25-26-41-72(68)85(79(67)69,62-34-21-13-22-35-62)63-36-23-14-24-37-63)48-74(77)86(80)73-44-42-58(55-28-15-10-16-29-55)49-75(73)87(76)81-70(56-30-17-11-18-31-56)53-66(84(7,8)9)54-71(81)57-32-19-12-20-33-57/h10-54H,1-9H3/i10D,13D,14D,15D,16D,21D,22D,23D,24D,28D,29D,34D,35D,36D,37D. The number of benzene rings is 12. The lowest BCUT2D eigenvalue weighted by Gasteiger charge is -2.42. The number of anilines is 3. The molecule has 426 valence electrons.